The Balaban J connectivity index is 1.84. The molecule has 0 fully saturated rings. The van der Waals surface area contributed by atoms with E-state index in [2.05, 4.69) is 24.5 Å². The van der Waals surface area contributed by atoms with Crippen molar-refractivity contribution >= 4 is 17.9 Å². The van der Waals surface area contributed by atoms with Gasteiger partial charge in [0.05, 0.1) is 12.3 Å². The molecule has 5 heteroatoms. The van der Waals surface area contributed by atoms with Crippen molar-refractivity contribution in [3.8, 4) is 0 Å². The number of hydrogen-bond donors (Lipinski definition) is 2. The van der Waals surface area contributed by atoms with E-state index in [1.165, 1.54) is 6.26 Å². The molecular formula is C26H28N2O3. The van der Waals surface area contributed by atoms with E-state index in [1.807, 2.05) is 49.4 Å². The van der Waals surface area contributed by atoms with Gasteiger partial charge in [-0.25, -0.2) is 0 Å². The second kappa shape index (κ2) is 10.4. The summed E-state index contributed by atoms with van der Waals surface area (Å²) < 4.78 is 5.36. The highest BCUT2D eigenvalue weighted by Crippen LogP contribution is 2.22. The molecule has 31 heavy (non-hydrogen) atoms. The molecule has 2 amide bonds. The van der Waals surface area contributed by atoms with Crippen LogP contribution >= 0.6 is 0 Å². The van der Waals surface area contributed by atoms with Crippen molar-refractivity contribution in [1.29, 1.82) is 0 Å². The third-order valence-electron chi connectivity index (χ3n) is 4.85. The van der Waals surface area contributed by atoms with Gasteiger partial charge in [0.25, 0.3) is 11.8 Å². The highest BCUT2D eigenvalue weighted by atomic mass is 16.3. The summed E-state index contributed by atoms with van der Waals surface area (Å²) in [7, 11) is 0. The van der Waals surface area contributed by atoms with E-state index in [-0.39, 0.29) is 23.6 Å². The van der Waals surface area contributed by atoms with Crippen molar-refractivity contribution in [2.24, 2.45) is 5.92 Å². The standard InChI is InChI=1S/C26H28N2O3/c1-18(2)16-23(20-8-5-4-6-9-20)27-26(30)24(17-22-10-7-15-31-22)28-25(29)21-13-11-19(3)12-14-21/h4-15,17-18,23H,16H2,1-3H3,(H,27,30)(H,28,29)/b24-17-/t23-/m0/s1. The maximum Gasteiger partial charge on any atom is 0.268 e. The Bertz CT molecular complexity index is 1020. The van der Waals surface area contributed by atoms with Crippen LogP contribution in [0, 0.1) is 12.8 Å². The minimum atomic E-state index is -0.369. The number of nitrogens with one attached hydrogen (secondary N) is 2. The number of benzene rings is 2. The van der Waals surface area contributed by atoms with Gasteiger partial charge in [-0.3, -0.25) is 9.59 Å². The van der Waals surface area contributed by atoms with Gasteiger partial charge in [0.1, 0.15) is 11.5 Å². The predicted octanol–water partition coefficient (Wildman–Crippen LogP) is 5.26. The maximum atomic E-state index is 13.2. The minimum Gasteiger partial charge on any atom is -0.465 e. The lowest BCUT2D eigenvalue weighted by Crippen LogP contribution is -2.37. The molecule has 2 N–H and O–H groups in total. The van der Waals surface area contributed by atoms with Crippen molar-refractivity contribution in [3.05, 3.63) is 101 Å². The first-order chi connectivity index (χ1) is 14.9. The Hall–Kier alpha value is -3.60. The van der Waals surface area contributed by atoms with Crippen LogP contribution in [-0.2, 0) is 4.79 Å². The molecule has 0 bridgehead atoms. The van der Waals surface area contributed by atoms with E-state index in [9.17, 15) is 9.59 Å². The Morgan fingerprint density at radius 3 is 2.29 bits per heavy atom. The highest BCUT2D eigenvalue weighted by Gasteiger charge is 2.21. The van der Waals surface area contributed by atoms with Gasteiger partial charge in [0, 0.05) is 11.6 Å². The molecule has 0 aliphatic rings. The van der Waals surface area contributed by atoms with Gasteiger partial charge in [-0.2, -0.15) is 0 Å². The van der Waals surface area contributed by atoms with E-state index in [0.29, 0.717) is 17.2 Å². The lowest BCUT2D eigenvalue weighted by atomic mass is 9.97. The average molecular weight is 417 g/mol. The Morgan fingerprint density at radius 2 is 1.68 bits per heavy atom. The van der Waals surface area contributed by atoms with E-state index in [1.54, 1.807) is 30.3 Å². The summed E-state index contributed by atoms with van der Waals surface area (Å²) in [5.41, 5.74) is 2.68. The lowest BCUT2D eigenvalue weighted by Gasteiger charge is -2.22. The van der Waals surface area contributed by atoms with Crippen LogP contribution in [0.15, 0.2) is 83.1 Å². The van der Waals surface area contributed by atoms with Gasteiger partial charge in [-0.05, 0) is 49.1 Å². The van der Waals surface area contributed by atoms with E-state index in [0.717, 1.165) is 17.5 Å². The van der Waals surface area contributed by atoms with Crippen LogP contribution in [0.3, 0.4) is 0 Å². The fourth-order valence-corrected chi connectivity index (χ4v) is 3.24. The monoisotopic (exact) mass is 416 g/mol. The molecule has 0 radical (unpaired) electrons. The van der Waals surface area contributed by atoms with Gasteiger partial charge in [0.15, 0.2) is 0 Å². The first-order valence-electron chi connectivity index (χ1n) is 10.4. The lowest BCUT2D eigenvalue weighted by molar-refractivity contribution is -0.118. The molecule has 3 rings (SSSR count). The Kier molecular flexibility index (Phi) is 7.44. The second-order valence-corrected chi connectivity index (χ2v) is 7.96. The summed E-state index contributed by atoms with van der Waals surface area (Å²) in [6, 6.07) is 20.3. The number of carbonyl (C=O) groups is 2. The molecule has 0 spiro atoms. The Morgan fingerprint density at radius 1 is 0.968 bits per heavy atom. The first-order valence-corrected chi connectivity index (χ1v) is 10.4. The average Bonchev–Trinajstić information content (AvgIpc) is 3.26. The number of aryl methyl sites for hydroxylation is 1. The van der Waals surface area contributed by atoms with Crippen molar-refractivity contribution < 1.29 is 14.0 Å². The van der Waals surface area contributed by atoms with Crippen molar-refractivity contribution in [2.75, 3.05) is 0 Å². The predicted molar refractivity (Wildman–Crippen MR) is 122 cm³/mol. The molecule has 0 saturated heterocycles. The highest BCUT2D eigenvalue weighted by molar-refractivity contribution is 6.05. The fraction of sp³-hybridized carbons (Fsp3) is 0.231. The summed E-state index contributed by atoms with van der Waals surface area (Å²) in [6.45, 7) is 6.18. The number of carbonyl (C=O) groups excluding carboxylic acids is 2. The van der Waals surface area contributed by atoms with Crippen LogP contribution in [0.4, 0.5) is 0 Å². The molecule has 1 heterocycles. The summed E-state index contributed by atoms with van der Waals surface area (Å²) >= 11 is 0. The zero-order chi connectivity index (χ0) is 22.2. The zero-order valence-corrected chi connectivity index (χ0v) is 18.1. The van der Waals surface area contributed by atoms with Gasteiger partial charge in [-0.1, -0.05) is 61.9 Å². The third-order valence-corrected chi connectivity index (χ3v) is 4.85. The molecule has 0 unspecified atom stereocenters. The number of rotatable bonds is 8. The van der Waals surface area contributed by atoms with Crippen LogP contribution in [0.25, 0.3) is 6.08 Å². The van der Waals surface area contributed by atoms with Crippen LogP contribution in [0.5, 0.6) is 0 Å². The SMILES string of the molecule is Cc1ccc(C(=O)N/C(=C\c2ccco2)C(=O)N[C@@H](CC(C)C)c2ccccc2)cc1. The maximum absolute atomic E-state index is 13.2. The number of furan rings is 1. The van der Waals surface area contributed by atoms with Crippen LogP contribution in [-0.4, -0.2) is 11.8 Å². The summed E-state index contributed by atoms with van der Waals surface area (Å²) in [5, 5.41) is 5.83. The van der Waals surface area contributed by atoms with Crippen LogP contribution in [0.2, 0.25) is 0 Å². The fourth-order valence-electron chi connectivity index (χ4n) is 3.24. The molecule has 160 valence electrons. The Labute approximate surface area is 183 Å². The minimum absolute atomic E-state index is 0.130. The largest absolute Gasteiger partial charge is 0.465 e. The van der Waals surface area contributed by atoms with E-state index < -0.39 is 0 Å². The molecule has 0 saturated carbocycles. The van der Waals surface area contributed by atoms with Gasteiger partial charge in [0.2, 0.25) is 0 Å². The van der Waals surface area contributed by atoms with Crippen LogP contribution in [0.1, 0.15) is 53.6 Å². The number of hydrogen-bond acceptors (Lipinski definition) is 3. The molecule has 1 aromatic heterocycles. The third kappa shape index (κ3) is 6.44. The van der Waals surface area contributed by atoms with Gasteiger partial charge in [-0.15, -0.1) is 0 Å². The van der Waals surface area contributed by atoms with Crippen molar-refractivity contribution in [3.63, 3.8) is 0 Å². The zero-order valence-electron chi connectivity index (χ0n) is 18.1. The number of amides is 2. The molecule has 1 atom stereocenters. The summed E-state index contributed by atoms with van der Waals surface area (Å²) in [6.07, 6.45) is 3.84. The molecule has 5 nitrogen and oxygen atoms in total. The molecule has 0 aliphatic carbocycles. The summed E-state index contributed by atoms with van der Waals surface area (Å²) in [4.78, 5) is 26.0. The topological polar surface area (TPSA) is 71.3 Å². The quantitative estimate of drug-likeness (QED) is 0.492. The first kappa shape index (κ1) is 22.1. The summed E-state index contributed by atoms with van der Waals surface area (Å²) in [5.74, 6) is 0.138. The van der Waals surface area contributed by atoms with Gasteiger partial charge >= 0.3 is 0 Å². The molecule has 2 aromatic carbocycles. The van der Waals surface area contributed by atoms with E-state index in [4.69, 9.17) is 4.42 Å². The van der Waals surface area contributed by atoms with E-state index >= 15 is 0 Å². The van der Waals surface area contributed by atoms with Gasteiger partial charge < -0.3 is 15.1 Å². The molecule has 0 aliphatic heterocycles. The normalized spacial score (nSPS) is 12.5. The molecule has 3 aromatic rings. The van der Waals surface area contributed by atoms with Crippen molar-refractivity contribution in [1.82, 2.24) is 10.6 Å². The molecular weight excluding hydrogens is 388 g/mol. The van der Waals surface area contributed by atoms with Crippen LogP contribution < -0.4 is 10.6 Å². The second-order valence-electron chi connectivity index (χ2n) is 7.96. The smallest absolute Gasteiger partial charge is 0.268 e. The van der Waals surface area contributed by atoms with Crippen molar-refractivity contribution in [2.45, 2.75) is 33.2 Å².